The molecule has 0 saturated carbocycles. The van der Waals surface area contributed by atoms with E-state index < -0.39 is 0 Å². The second-order valence-corrected chi connectivity index (χ2v) is 3.49. The van der Waals surface area contributed by atoms with Crippen molar-refractivity contribution in [1.82, 2.24) is 0 Å². The molecule has 0 fully saturated rings. The van der Waals surface area contributed by atoms with Crippen LogP contribution in [0.2, 0.25) is 0 Å². The molecule has 0 aliphatic carbocycles. The maximum absolute atomic E-state index is 11.7. The molecule has 1 aromatic rings. The molecule has 0 aromatic heterocycles. The fraction of sp³-hybridized carbons (Fsp3) is 0.250. The Morgan fingerprint density at radius 2 is 1.88 bits per heavy atom. The van der Waals surface area contributed by atoms with Gasteiger partial charge in [-0.05, 0) is 37.6 Å². The first-order valence-corrected chi connectivity index (χ1v) is 4.80. The molecular weight excluding hydrogens is 204 g/mol. The molecule has 1 rings (SSSR count). The Kier molecular flexibility index (Phi) is 3.55. The number of hydrogen-bond donors (Lipinski definition) is 2. The molecule has 0 unspecified atom stereocenters. The molecule has 2 N–H and O–H groups in total. The fourth-order valence-electron chi connectivity index (χ4n) is 1.32. The lowest BCUT2D eigenvalue weighted by atomic mass is 10.0. The minimum absolute atomic E-state index is 0.0434. The summed E-state index contributed by atoms with van der Waals surface area (Å²) >= 11 is 0. The summed E-state index contributed by atoms with van der Waals surface area (Å²) in [6, 6.07) is 4.95. The van der Waals surface area contributed by atoms with Crippen molar-refractivity contribution < 1.29 is 9.53 Å². The highest BCUT2D eigenvalue weighted by molar-refractivity contribution is 6.44. The summed E-state index contributed by atoms with van der Waals surface area (Å²) in [5, 5.41) is 14.8. The Morgan fingerprint density at radius 1 is 1.25 bits per heavy atom. The van der Waals surface area contributed by atoms with Crippen LogP contribution >= 0.6 is 0 Å². The predicted molar refractivity (Wildman–Crippen MR) is 63.2 cm³/mol. The van der Waals surface area contributed by atoms with E-state index in [1.54, 1.807) is 25.1 Å². The van der Waals surface area contributed by atoms with Gasteiger partial charge in [-0.2, -0.15) is 0 Å². The van der Waals surface area contributed by atoms with Gasteiger partial charge < -0.3 is 15.6 Å². The lowest BCUT2D eigenvalue weighted by molar-refractivity contribution is 0.106. The average Bonchev–Trinajstić information content (AvgIpc) is 2.26. The van der Waals surface area contributed by atoms with Crippen molar-refractivity contribution in [3.63, 3.8) is 0 Å². The van der Waals surface area contributed by atoms with Crippen molar-refractivity contribution in [1.29, 1.82) is 10.8 Å². The number of rotatable bonds is 4. The lowest BCUT2D eigenvalue weighted by Gasteiger charge is -2.08. The molecule has 0 atom stereocenters. The van der Waals surface area contributed by atoms with Crippen LogP contribution in [0.3, 0.4) is 0 Å². The SMILES string of the molecule is COc1ccc(C(C)=N)cc1C(=O)C(C)=N. The van der Waals surface area contributed by atoms with Crippen LogP contribution in [-0.4, -0.2) is 24.3 Å². The van der Waals surface area contributed by atoms with Crippen LogP contribution in [0.1, 0.15) is 29.8 Å². The zero-order valence-electron chi connectivity index (χ0n) is 9.55. The standard InChI is InChI=1S/C12H14N2O2/c1-7(13)9-4-5-11(16-3)10(6-9)12(15)8(2)14/h4-6,13-14H,1-3H3. The number of ketones is 1. The van der Waals surface area contributed by atoms with Gasteiger partial charge in [-0.1, -0.05) is 0 Å². The highest BCUT2D eigenvalue weighted by Gasteiger charge is 2.15. The molecule has 0 aliphatic rings. The number of carbonyl (C=O) groups excluding carboxylic acids is 1. The first kappa shape index (κ1) is 12.1. The molecule has 4 nitrogen and oxygen atoms in total. The third-order valence-corrected chi connectivity index (χ3v) is 2.22. The molecule has 0 heterocycles. The summed E-state index contributed by atoms with van der Waals surface area (Å²) in [6.45, 7) is 3.08. The van der Waals surface area contributed by atoms with Crippen LogP contribution in [0.15, 0.2) is 18.2 Å². The summed E-state index contributed by atoms with van der Waals surface area (Å²) in [7, 11) is 1.47. The minimum Gasteiger partial charge on any atom is -0.496 e. The van der Waals surface area contributed by atoms with Gasteiger partial charge in [0.2, 0.25) is 5.78 Å². The van der Waals surface area contributed by atoms with Gasteiger partial charge in [0.15, 0.2) is 0 Å². The smallest absolute Gasteiger partial charge is 0.209 e. The summed E-state index contributed by atoms with van der Waals surface area (Å²) in [5.41, 5.74) is 1.32. The van der Waals surface area contributed by atoms with Crippen molar-refractivity contribution in [2.75, 3.05) is 7.11 Å². The highest BCUT2D eigenvalue weighted by Crippen LogP contribution is 2.21. The second-order valence-electron chi connectivity index (χ2n) is 3.49. The van der Waals surface area contributed by atoms with Gasteiger partial charge in [-0.15, -0.1) is 0 Å². The van der Waals surface area contributed by atoms with Crippen LogP contribution in [-0.2, 0) is 0 Å². The van der Waals surface area contributed by atoms with Gasteiger partial charge in [0, 0.05) is 5.71 Å². The summed E-state index contributed by atoms with van der Waals surface area (Å²) in [4.78, 5) is 11.7. The van der Waals surface area contributed by atoms with Crippen LogP contribution < -0.4 is 4.74 Å². The van der Waals surface area contributed by atoms with Gasteiger partial charge in [0.1, 0.15) is 5.75 Å². The Bertz CT molecular complexity index is 464. The molecule has 0 saturated heterocycles. The largest absolute Gasteiger partial charge is 0.496 e. The predicted octanol–water partition coefficient (Wildman–Crippen LogP) is 2.31. The van der Waals surface area contributed by atoms with E-state index in [2.05, 4.69) is 0 Å². The topological polar surface area (TPSA) is 74.0 Å². The third-order valence-electron chi connectivity index (χ3n) is 2.22. The van der Waals surface area contributed by atoms with Crippen LogP contribution in [0.4, 0.5) is 0 Å². The van der Waals surface area contributed by atoms with Gasteiger partial charge >= 0.3 is 0 Å². The molecule has 0 amide bonds. The summed E-state index contributed by atoms with van der Waals surface area (Å²) < 4.78 is 5.06. The molecule has 0 radical (unpaired) electrons. The van der Waals surface area contributed by atoms with E-state index in [0.29, 0.717) is 22.6 Å². The second kappa shape index (κ2) is 4.70. The number of benzene rings is 1. The van der Waals surface area contributed by atoms with Crippen molar-refractivity contribution in [2.24, 2.45) is 0 Å². The quantitative estimate of drug-likeness (QED) is 0.601. The Morgan fingerprint density at radius 3 is 2.31 bits per heavy atom. The van der Waals surface area contributed by atoms with E-state index in [1.165, 1.54) is 14.0 Å². The van der Waals surface area contributed by atoms with E-state index in [1.807, 2.05) is 0 Å². The summed E-state index contributed by atoms with van der Waals surface area (Å²) in [5.74, 6) is 0.0570. The first-order chi connectivity index (χ1) is 7.47. The van der Waals surface area contributed by atoms with Crippen molar-refractivity contribution in [3.8, 4) is 5.75 Å². The maximum atomic E-state index is 11.7. The number of methoxy groups -OCH3 is 1. The molecule has 0 spiro atoms. The van der Waals surface area contributed by atoms with E-state index >= 15 is 0 Å². The van der Waals surface area contributed by atoms with Gasteiger partial charge in [0.25, 0.3) is 0 Å². The van der Waals surface area contributed by atoms with Crippen LogP contribution in [0.25, 0.3) is 0 Å². The fourth-order valence-corrected chi connectivity index (χ4v) is 1.32. The number of Topliss-reactive ketones (excluding diaryl/α,β-unsaturated/α-hetero) is 1. The Hall–Kier alpha value is -1.97. The van der Waals surface area contributed by atoms with Gasteiger partial charge in [0.05, 0.1) is 18.4 Å². The third kappa shape index (κ3) is 2.34. The molecule has 0 aliphatic heterocycles. The van der Waals surface area contributed by atoms with Gasteiger partial charge in [-0.25, -0.2) is 0 Å². The van der Waals surface area contributed by atoms with Crippen LogP contribution in [0, 0.1) is 10.8 Å². The number of nitrogens with one attached hydrogen (secondary N) is 2. The molecular formula is C12H14N2O2. The Labute approximate surface area is 94.3 Å². The molecule has 1 aromatic carbocycles. The first-order valence-electron chi connectivity index (χ1n) is 4.80. The van der Waals surface area contributed by atoms with Gasteiger partial charge in [-0.3, -0.25) is 4.79 Å². The molecule has 4 heteroatoms. The zero-order valence-corrected chi connectivity index (χ0v) is 9.55. The highest BCUT2D eigenvalue weighted by atomic mass is 16.5. The zero-order chi connectivity index (χ0) is 12.3. The number of hydrogen-bond acceptors (Lipinski definition) is 4. The monoisotopic (exact) mass is 218 g/mol. The van der Waals surface area contributed by atoms with Crippen molar-refractivity contribution in [3.05, 3.63) is 29.3 Å². The van der Waals surface area contributed by atoms with Crippen molar-refractivity contribution in [2.45, 2.75) is 13.8 Å². The minimum atomic E-state index is -0.375. The normalized spacial score (nSPS) is 9.69. The molecule has 0 bridgehead atoms. The van der Waals surface area contributed by atoms with E-state index in [0.717, 1.165) is 0 Å². The summed E-state index contributed by atoms with van der Waals surface area (Å²) in [6.07, 6.45) is 0. The van der Waals surface area contributed by atoms with Crippen LogP contribution in [0.5, 0.6) is 5.75 Å². The van der Waals surface area contributed by atoms with E-state index in [9.17, 15) is 4.79 Å². The number of ether oxygens (including phenoxy) is 1. The average molecular weight is 218 g/mol. The van der Waals surface area contributed by atoms with E-state index in [4.69, 9.17) is 15.6 Å². The lowest BCUT2D eigenvalue weighted by Crippen LogP contribution is -2.11. The van der Waals surface area contributed by atoms with E-state index in [-0.39, 0.29) is 11.5 Å². The Balaban J connectivity index is 3.33. The number of carbonyl (C=O) groups is 1. The van der Waals surface area contributed by atoms with Crippen molar-refractivity contribution >= 4 is 17.2 Å². The molecule has 16 heavy (non-hydrogen) atoms. The molecule has 84 valence electrons. The maximum Gasteiger partial charge on any atom is 0.209 e.